The smallest absolute Gasteiger partial charge is 0.170 e. The lowest BCUT2D eigenvalue weighted by Gasteiger charge is -2.16. The lowest BCUT2D eigenvalue weighted by molar-refractivity contribution is 0.0954. The molecule has 0 radical (unpaired) electrons. The predicted octanol–water partition coefficient (Wildman–Crippen LogP) is 6.51. The molecule has 3 aromatic rings. The number of hydrogen-bond acceptors (Lipinski definition) is 1. The Balaban J connectivity index is 1.84. The van der Waals surface area contributed by atoms with Crippen LogP contribution in [0.3, 0.4) is 0 Å². The van der Waals surface area contributed by atoms with E-state index >= 15 is 0 Å². The lowest BCUT2D eigenvalue weighted by atomic mass is 9.86. The monoisotopic (exact) mass is 328 g/mol. The molecular weight excluding hydrogens is 304 g/mol. The van der Waals surface area contributed by atoms with Crippen LogP contribution in [0.15, 0.2) is 84.9 Å². The van der Waals surface area contributed by atoms with E-state index in [2.05, 4.69) is 31.2 Å². The second-order valence-corrected chi connectivity index (χ2v) is 6.41. The standard InChI is InChI=1S/C24H24O/c1-2-3-14-23(21-12-8-5-9-13-21)24(25)22-17-15-20(16-18-22)19-10-6-4-7-11-19/h4-13,15-18,23H,2-3,14H2,1H3. The summed E-state index contributed by atoms with van der Waals surface area (Å²) < 4.78 is 0. The molecule has 0 N–H and O–H groups in total. The Morgan fingerprint density at radius 2 is 1.32 bits per heavy atom. The van der Waals surface area contributed by atoms with Crippen LogP contribution in [0.5, 0.6) is 0 Å². The number of carbonyl (C=O) groups excluding carboxylic acids is 1. The number of Topliss-reactive ketones (excluding diaryl/α,β-unsaturated/α-hetero) is 1. The molecule has 0 aliphatic heterocycles. The van der Waals surface area contributed by atoms with Crippen LogP contribution in [0.25, 0.3) is 11.1 Å². The quantitative estimate of drug-likeness (QED) is 0.452. The van der Waals surface area contributed by atoms with Crippen LogP contribution in [0, 0.1) is 0 Å². The maximum absolute atomic E-state index is 13.1. The van der Waals surface area contributed by atoms with Gasteiger partial charge in [-0.15, -0.1) is 0 Å². The Morgan fingerprint density at radius 3 is 1.92 bits per heavy atom. The van der Waals surface area contributed by atoms with E-state index in [0.29, 0.717) is 0 Å². The number of carbonyl (C=O) groups is 1. The number of hydrogen-bond donors (Lipinski definition) is 0. The van der Waals surface area contributed by atoms with E-state index in [-0.39, 0.29) is 11.7 Å². The fraction of sp³-hybridized carbons (Fsp3) is 0.208. The van der Waals surface area contributed by atoms with Crippen LogP contribution >= 0.6 is 0 Å². The zero-order valence-corrected chi connectivity index (χ0v) is 14.7. The summed E-state index contributed by atoms with van der Waals surface area (Å²) in [6, 6.07) is 28.4. The summed E-state index contributed by atoms with van der Waals surface area (Å²) in [7, 11) is 0. The number of rotatable bonds is 7. The molecule has 0 aromatic heterocycles. The Bertz CT molecular complexity index is 789. The molecule has 1 heteroatoms. The molecule has 126 valence electrons. The van der Waals surface area contributed by atoms with Gasteiger partial charge in [0.25, 0.3) is 0 Å². The summed E-state index contributed by atoms with van der Waals surface area (Å²) >= 11 is 0. The molecule has 0 spiro atoms. The average molecular weight is 328 g/mol. The Hall–Kier alpha value is -2.67. The second-order valence-electron chi connectivity index (χ2n) is 6.41. The van der Waals surface area contributed by atoms with Gasteiger partial charge in [-0.3, -0.25) is 4.79 Å². The lowest BCUT2D eigenvalue weighted by Crippen LogP contribution is -2.13. The van der Waals surface area contributed by atoms with Crippen molar-refractivity contribution in [3.05, 3.63) is 96.1 Å². The van der Waals surface area contributed by atoms with Gasteiger partial charge in [-0.05, 0) is 23.1 Å². The first kappa shape index (κ1) is 17.2. The molecule has 3 rings (SSSR count). The Morgan fingerprint density at radius 1 is 0.760 bits per heavy atom. The minimum Gasteiger partial charge on any atom is -0.293 e. The highest BCUT2D eigenvalue weighted by Crippen LogP contribution is 2.27. The summed E-state index contributed by atoms with van der Waals surface area (Å²) in [6.07, 6.45) is 3.07. The van der Waals surface area contributed by atoms with Gasteiger partial charge in [0.2, 0.25) is 0 Å². The fourth-order valence-corrected chi connectivity index (χ4v) is 3.20. The highest BCUT2D eigenvalue weighted by Gasteiger charge is 2.21. The normalized spacial score (nSPS) is 11.9. The maximum atomic E-state index is 13.1. The van der Waals surface area contributed by atoms with E-state index in [1.54, 1.807) is 0 Å². The van der Waals surface area contributed by atoms with E-state index in [1.165, 1.54) is 5.56 Å². The molecule has 0 amide bonds. The number of ketones is 1. The number of unbranched alkanes of at least 4 members (excludes halogenated alkanes) is 1. The highest BCUT2D eigenvalue weighted by atomic mass is 16.1. The van der Waals surface area contributed by atoms with Crippen LogP contribution in [0.1, 0.15) is 48.0 Å². The summed E-state index contributed by atoms with van der Waals surface area (Å²) in [4.78, 5) is 13.1. The maximum Gasteiger partial charge on any atom is 0.170 e. The molecule has 0 fully saturated rings. The van der Waals surface area contributed by atoms with Gasteiger partial charge in [0.1, 0.15) is 0 Å². The van der Waals surface area contributed by atoms with E-state index in [9.17, 15) is 4.79 Å². The fourth-order valence-electron chi connectivity index (χ4n) is 3.20. The van der Waals surface area contributed by atoms with E-state index in [4.69, 9.17) is 0 Å². The van der Waals surface area contributed by atoms with Crippen molar-refractivity contribution in [2.45, 2.75) is 32.1 Å². The Kier molecular flexibility index (Phi) is 5.79. The molecule has 0 aliphatic carbocycles. The van der Waals surface area contributed by atoms with Gasteiger partial charge in [0, 0.05) is 11.5 Å². The molecule has 0 saturated heterocycles. The zero-order chi connectivity index (χ0) is 17.5. The molecule has 3 aromatic carbocycles. The SMILES string of the molecule is CCCCC(C(=O)c1ccc(-c2ccccc2)cc1)c1ccccc1. The van der Waals surface area contributed by atoms with Gasteiger partial charge in [0.15, 0.2) is 5.78 Å². The summed E-state index contributed by atoms with van der Waals surface area (Å²) in [5.74, 6) is 0.169. The molecule has 0 bridgehead atoms. The van der Waals surface area contributed by atoms with Gasteiger partial charge in [-0.1, -0.05) is 105 Å². The van der Waals surface area contributed by atoms with Gasteiger partial charge < -0.3 is 0 Å². The summed E-state index contributed by atoms with van der Waals surface area (Å²) in [6.45, 7) is 2.17. The highest BCUT2D eigenvalue weighted by molar-refractivity contribution is 6.01. The van der Waals surface area contributed by atoms with Crippen molar-refractivity contribution >= 4 is 5.78 Å². The van der Waals surface area contributed by atoms with Gasteiger partial charge in [-0.25, -0.2) is 0 Å². The molecule has 0 aliphatic rings. The molecule has 0 saturated carbocycles. The van der Waals surface area contributed by atoms with Gasteiger partial charge >= 0.3 is 0 Å². The van der Waals surface area contributed by atoms with E-state index in [0.717, 1.165) is 36.0 Å². The van der Waals surface area contributed by atoms with Crippen LogP contribution < -0.4 is 0 Å². The van der Waals surface area contributed by atoms with Crippen molar-refractivity contribution in [1.82, 2.24) is 0 Å². The van der Waals surface area contributed by atoms with Crippen molar-refractivity contribution in [3.8, 4) is 11.1 Å². The summed E-state index contributed by atoms with van der Waals surface area (Å²) in [5, 5.41) is 0. The number of benzene rings is 3. The molecule has 1 atom stereocenters. The van der Waals surface area contributed by atoms with Crippen LogP contribution in [-0.2, 0) is 0 Å². The molecule has 1 nitrogen and oxygen atoms in total. The van der Waals surface area contributed by atoms with E-state index < -0.39 is 0 Å². The van der Waals surface area contributed by atoms with Gasteiger partial charge in [0.05, 0.1) is 0 Å². The topological polar surface area (TPSA) is 17.1 Å². The zero-order valence-electron chi connectivity index (χ0n) is 14.7. The van der Waals surface area contributed by atoms with Crippen molar-refractivity contribution in [3.63, 3.8) is 0 Å². The van der Waals surface area contributed by atoms with Crippen LogP contribution in [-0.4, -0.2) is 5.78 Å². The van der Waals surface area contributed by atoms with Crippen molar-refractivity contribution in [1.29, 1.82) is 0 Å². The predicted molar refractivity (Wildman–Crippen MR) is 105 cm³/mol. The average Bonchev–Trinajstić information content (AvgIpc) is 2.70. The first-order valence-electron chi connectivity index (χ1n) is 9.04. The van der Waals surface area contributed by atoms with Gasteiger partial charge in [-0.2, -0.15) is 0 Å². The molecule has 1 unspecified atom stereocenters. The largest absolute Gasteiger partial charge is 0.293 e. The third kappa shape index (κ3) is 4.24. The van der Waals surface area contributed by atoms with Crippen molar-refractivity contribution in [2.75, 3.05) is 0 Å². The molecular formula is C24H24O. The molecule has 25 heavy (non-hydrogen) atoms. The Labute approximate surface area is 150 Å². The van der Waals surface area contributed by atoms with Crippen molar-refractivity contribution < 1.29 is 4.79 Å². The van der Waals surface area contributed by atoms with Crippen LogP contribution in [0.2, 0.25) is 0 Å². The second kappa shape index (κ2) is 8.43. The summed E-state index contributed by atoms with van der Waals surface area (Å²) in [5.41, 5.74) is 4.23. The minimum absolute atomic E-state index is 0.0521. The third-order valence-corrected chi connectivity index (χ3v) is 4.64. The van der Waals surface area contributed by atoms with Crippen LogP contribution in [0.4, 0.5) is 0 Å². The third-order valence-electron chi connectivity index (χ3n) is 4.64. The first-order chi connectivity index (χ1) is 12.3. The minimum atomic E-state index is -0.0521. The first-order valence-corrected chi connectivity index (χ1v) is 9.04. The van der Waals surface area contributed by atoms with E-state index in [1.807, 2.05) is 60.7 Å². The van der Waals surface area contributed by atoms with Crippen molar-refractivity contribution in [2.24, 2.45) is 0 Å². The molecule has 0 heterocycles.